The molecular weight excluding hydrogens is 284 g/mol. The van der Waals surface area contributed by atoms with Crippen molar-refractivity contribution in [2.75, 3.05) is 23.9 Å². The van der Waals surface area contributed by atoms with Crippen LogP contribution < -0.4 is 11.1 Å². The zero-order chi connectivity index (χ0) is 15.5. The van der Waals surface area contributed by atoms with Crippen LogP contribution in [0.2, 0.25) is 0 Å². The van der Waals surface area contributed by atoms with Crippen LogP contribution in [0.25, 0.3) is 0 Å². The van der Waals surface area contributed by atoms with Gasteiger partial charge in [0.25, 0.3) is 0 Å². The van der Waals surface area contributed by atoms with Crippen LogP contribution in [0.3, 0.4) is 0 Å². The molecule has 1 atom stereocenters. The van der Waals surface area contributed by atoms with Crippen LogP contribution in [0, 0.1) is 0 Å². The molecule has 5 heteroatoms. The van der Waals surface area contributed by atoms with Crippen LogP contribution in [0.5, 0.6) is 0 Å². The summed E-state index contributed by atoms with van der Waals surface area (Å²) in [5, 5.41) is 3.27. The number of sulfone groups is 1. The van der Waals surface area contributed by atoms with Gasteiger partial charge in [-0.15, -0.1) is 0 Å². The molecule has 0 amide bonds. The minimum absolute atomic E-state index is 0.238. The molecule has 0 saturated heterocycles. The Labute approximate surface area is 125 Å². The monoisotopic (exact) mass is 304 g/mol. The standard InChI is InChI=1S/C16H20N2O2S/c1-12(13-6-4-3-5-7-13)11-18-16-9-8-14(10-15(16)17)21(2,19)20/h3-10,12,18H,11,17H2,1-2H3. The lowest BCUT2D eigenvalue weighted by Crippen LogP contribution is -2.11. The molecule has 0 aliphatic heterocycles. The summed E-state index contributed by atoms with van der Waals surface area (Å²) in [4.78, 5) is 0.238. The van der Waals surface area contributed by atoms with Crippen molar-refractivity contribution in [3.05, 3.63) is 54.1 Å². The van der Waals surface area contributed by atoms with E-state index in [2.05, 4.69) is 24.4 Å². The Hall–Kier alpha value is -2.01. The first-order valence-electron chi connectivity index (χ1n) is 6.76. The molecule has 1 unspecified atom stereocenters. The first-order chi connectivity index (χ1) is 9.88. The summed E-state index contributed by atoms with van der Waals surface area (Å²) >= 11 is 0. The second-order valence-corrected chi connectivity index (χ2v) is 7.23. The molecule has 0 heterocycles. The molecule has 2 aromatic rings. The summed E-state index contributed by atoms with van der Waals surface area (Å²) in [6.07, 6.45) is 1.17. The largest absolute Gasteiger partial charge is 0.397 e. The van der Waals surface area contributed by atoms with E-state index in [4.69, 9.17) is 5.73 Å². The topological polar surface area (TPSA) is 72.2 Å². The molecule has 0 fully saturated rings. The van der Waals surface area contributed by atoms with Gasteiger partial charge < -0.3 is 11.1 Å². The van der Waals surface area contributed by atoms with Gasteiger partial charge in [-0.3, -0.25) is 0 Å². The lowest BCUT2D eigenvalue weighted by molar-refractivity contribution is 0.602. The highest BCUT2D eigenvalue weighted by Gasteiger charge is 2.10. The number of hydrogen-bond donors (Lipinski definition) is 2. The quantitative estimate of drug-likeness (QED) is 0.833. The number of anilines is 2. The Balaban J connectivity index is 2.07. The molecule has 4 nitrogen and oxygen atoms in total. The molecule has 0 bridgehead atoms. The van der Waals surface area contributed by atoms with Crippen molar-refractivity contribution < 1.29 is 8.42 Å². The SMILES string of the molecule is CC(CNc1ccc(S(C)(=O)=O)cc1N)c1ccccc1. The zero-order valence-corrected chi connectivity index (χ0v) is 13.0. The van der Waals surface area contributed by atoms with Crippen LogP contribution in [-0.4, -0.2) is 21.2 Å². The Morgan fingerprint density at radius 1 is 1.14 bits per heavy atom. The third-order valence-electron chi connectivity index (χ3n) is 3.42. The fourth-order valence-electron chi connectivity index (χ4n) is 2.09. The van der Waals surface area contributed by atoms with Crippen LogP contribution in [0.4, 0.5) is 11.4 Å². The molecule has 0 aliphatic carbocycles. The summed E-state index contributed by atoms with van der Waals surface area (Å²) in [5.74, 6) is 0.334. The van der Waals surface area contributed by atoms with Gasteiger partial charge in [0, 0.05) is 12.8 Å². The van der Waals surface area contributed by atoms with Gasteiger partial charge in [-0.2, -0.15) is 0 Å². The Kier molecular flexibility index (Phi) is 4.53. The fraction of sp³-hybridized carbons (Fsp3) is 0.250. The normalized spacial score (nSPS) is 12.9. The Morgan fingerprint density at radius 2 is 1.81 bits per heavy atom. The fourth-order valence-corrected chi connectivity index (χ4v) is 2.75. The lowest BCUT2D eigenvalue weighted by atomic mass is 10.0. The van der Waals surface area contributed by atoms with Gasteiger partial charge >= 0.3 is 0 Å². The smallest absolute Gasteiger partial charge is 0.175 e. The Morgan fingerprint density at radius 3 is 2.38 bits per heavy atom. The number of nitrogens with one attached hydrogen (secondary N) is 1. The molecule has 112 valence electrons. The zero-order valence-electron chi connectivity index (χ0n) is 12.2. The van der Waals surface area contributed by atoms with Gasteiger partial charge in [-0.25, -0.2) is 8.42 Å². The van der Waals surface area contributed by atoms with E-state index in [1.807, 2.05) is 18.2 Å². The molecule has 2 aromatic carbocycles. The summed E-state index contributed by atoms with van der Waals surface area (Å²) in [7, 11) is -3.22. The number of rotatable bonds is 5. The maximum absolute atomic E-state index is 11.5. The van der Waals surface area contributed by atoms with Crippen molar-refractivity contribution in [2.24, 2.45) is 0 Å². The number of nitrogen functional groups attached to an aromatic ring is 1. The highest BCUT2D eigenvalue weighted by molar-refractivity contribution is 7.90. The van der Waals surface area contributed by atoms with E-state index in [1.165, 1.54) is 17.9 Å². The second kappa shape index (κ2) is 6.18. The maximum atomic E-state index is 11.5. The van der Waals surface area contributed by atoms with Crippen molar-refractivity contribution in [2.45, 2.75) is 17.7 Å². The van der Waals surface area contributed by atoms with Crippen LogP contribution >= 0.6 is 0 Å². The Bertz CT molecular complexity index is 712. The average molecular weight is 304 g/mol. The van der Waals surface area contributed by atoms with Gasteiger partial charge in [0.15, 0.2) is 9.84 Å². The van der Waals surface area contributed by atoms with Crippen LogP contribution in [0.15, 0.2) is 53.4 Å². The molecule has 2 rings (SSSR count). The predicted octanol–water partition coefficient (Wildman–Crippen LogP) is 2.89. The highest BCUT2D eigenvalue weighted by Crippen LogP contribution is 2.24. The van der Waals surface area contributed by atoms with E-state index >= 15 is 0 Å². The summed E-state index contributed by atoms with van der Waals surface area (Å²) in [6.45, 7) is 2.86. The summed E-state index contributed by atoms with van der Waals surface area (Å²) < 4.78 is 22.9. The molecule has 21 heavy (non-hydrogen) atoms. The van der Waals surface area contributed by atoms with Gasteiger partial charge in [-0.1, -0.05) is 37.3 Å². The van der Waals surface area contributed by atoms with Crippen LogP contribution in [-0.2, 0) is 9.84 Å². The van der Waals surface area contributed by atoms with Gasteiger partial charge in [-0.05, 0) is 29.7 Å². The van der Waals surface area contributed by atoms with Gasteiger partial charge in [0.05, 0.1) is 16.3 Å². The molecule has 3 N–H and O–H groups in total. The van der Waals surface area contributed by atoms with E-state index in [-0.39, 0.29) is 4.90 Å². The third-order valence-corrected chi connectivity index (χ3v) is 4.53. The highest BCUT2D eigenvalue weighted by atomic mass is 32.2. The van der Waals surface area contributed by atoms with Crippen molar-refractivity contribution in [3.8, 4) is 0 Å². The first kappa shape index (κ1) is 15.4. The van der Waals surface area contributed by atoms with Crippen LogP contribution in [0.1, 0.15) is 18.4 Å². The summed E-state index contributed by atoms with van der Waals surface area (Å²) in [6, 6.07) is 15.0. The first-order valence-corrected chi connectivity index (χ1v) is 8.65. The maximum Gasteiger partial charge on any atom is 0.175 e. The minimum atomic E-state index is -3.22. The van der Waals surface area contributed by atoms with E-state index < -0.39 is 9.84 Å². The third kappa shape index (κ3) is 3.98. The van der Waals surface area contributed by atoms with Gasteiger partial charge in [0.1, 0.15) is 0 Å². The second-order valence-electron chi connectivity index (χ2n) is 5.21. The van der Waals surface area contributed by atoms with Crippen molar-refractivity contribution in [3.63, 3.8) is 0 Å². The van der Waals surface area contributed by atoms with E-state index in [0.29, 0.717) is 11.6 Å². The van der Waals surface area contributed by atoms with E-state index in [1.54, 1.807) is 12.1 Å². The number of nitrogens with two attached hydrogens (primary N) is 1. The molecular formula is C16H20N2O2S. The summed E-state index contributed by atoms with van der Waals surface area (Å²) in [5.41, 5.74) is 8.36. The predicted molar refractivity (Wildman–Crippen MR) is 87.3 cm³/mol. The molecule has 0 radical (unpaired) electrons. The average Bonchev–Trinajstić information content (AvgIpc) is 2.45. The molecule has 0 aromatic heterocycles. The number of hydrogen-bond acceptors (Lipinski definition) is 4. The van der Waals surface area contributed by atoms with E-state index in [9.17, 15) is 8.42 Å². The van der Waals surface area contributed by atoms with Crippen molar-refractivity contribution >= 4 is 21.2 Å². The molecule has 0 aliphatic rings. The minimum Gasteiger partial charge on any atom is -0.397 e. The van der Waals surface area contributed by atoms with Crippen molar-refractivity contribution in [1.82, 2.24) is 0 Å². The number of benzene rings is 2. The molecule has 0 spiro atoms. The lowest BCUT2D eigenvalue weighted by Gasteiger charge is -2.15. The van der Waals surface area contributed by atoms with E-state index in [0.717, 1.165) is 12.2 Å². The van der Waals surface area contributed by atoms with Gasteiger partial charge in [0.2, 0.25) is 0 Å². The molecule has 0 saturated carbocycles. The van der Waals surface area contributed by atoms with Crippen molar-refractivity contribution in [1.29, 1.82) is 0 Å².